The van der Waals surface area contributed by atoms with Gasteiger partial charge in [-0.05, 0) is 32.0 Å². The number of likely N-dealkylation sites (N-methyl/N-ethyl adjacent to an activating group) is 1. The summed E-state index contributed by atoms with van der Waals surface area (Å²) in [7, 11) is 2.08. The first-order chi connectivity index (χ1) is 13.0. The second-order valence-electron chi connectivity index (χ2n) is 6.89. The van der Waals surface area contributed by atoms with E-state index < -0.39 is 0 Å². The van der Waals surface area contributed by atoms with E-state index >= 15 is 0 Å². The maximum atomic E-state index is 12.0. The minimum atomic E-state index is -0.292. The molecule has 2 aromatic rings. The van der Waals surface area contributed by atoms with Crippen molar-refractivity contribution in [3.8, 4) is 17.2 Å². The first kappa shape index (κ1) is 19.4. The van der Waals surface area contributed by atoms with Crippen molar-refractivity contribution >= 4 is 17.7 Å². The molecule has 1 aromatic heterocycles. The minimum Gasteiger partial charge on any atom is -0.462 e. The van der Waals surface area contributed by atoms with Crippen LogP contribution >= 0.6 is 11.8 Å². The van der Waals surface area contributed by atoms with Crippen molar-refractivity contribution in [2.24, 2.45) is 0 Å². The Morgan fingerprint density at radius 2 is 2.11 bits per heavy atom. The van der Waals surface area contributed by atoms with Gasteiger partial charge in [-0.3, -0.25) is 4.79 Å². The zero-order valence-electron chi connectivity index (χ0n) is 15.9. The van der Waals surface area contributed by atoms with E-state index in [9.17, 15) is 10.1 Å². The molecule has 0 saturated carbocycles. The maximum Gasteiger partial charge on any atom is 0.316 e. The highest BCUT2D eigenvalue weighted by Gasteiger charge is 2.25. The Kier molecular flexibility index (Phi) is 6.15. The second kappa shape index (κ2) is 8.55. The van der Waals surface area contributed by atoms with Gasteiger partial charge in [0.15, 0.2) is 0 Å². The van der Waals surface area contributed by atoms with Crippen LogP contribution in [-0.4, -0.2) is 41.3 Å². The number of pyridine rings is 1. The summed E-state index contributed by atoms with van der Waals surface area (Å²) in [5.41, 5.74) is 4.62. The van der Waals surface area contributed by atoms with Crippen molar-refractivity contribution < 1.29 is 9.53 Å². The van der Waals surface area contributed by atoms with Gasteiger partial charge in [-0.1, -0.05) is 42.1 Å². The molecule has 1 aliphatic heterocycles. The lowest BCUT2D eigenvalue weighted by molar-refractivity contribution is -0.144. The van der Waals surface area contributed by atoms with E-state index in [-0.39, 0.29) is 17.8 Å². The van der Waals surface area contributed by atoms with Gasteiger partial charge >= 0.3 is 5.97 Å². The number of ether oxygens (including phenoxy) is 1. The summed E-state index contributed by atoms with van der Waals surface area (Å²) in [6.45, 7) is 5.34. The lowest BCUT2D eigenvalue weighted by atomic mass is 9.92. The number of fused-ring (bicyclic) bond motifs is 1. The predicted octanol–water partition coefficient (Wildman–Crippen LogP) is 3.65. The van der Waals surface area contributed by atoms with Crippen molar-refractivity contribution in [2.45, 2.75) is 37.9 Å². The molecule has 0 radical (unpaired) electrons. The van der Waals surface area contributed by atoms with Gasteiger partial charge in [0.1, 0.15) is 11.1 Å². The number of hydrogen-bond acceptors (Lipinski definition) is 6. The van der Waals surface area contributed by atoms with Gasteiger partial charge in [-0.2, -0.15) is 5.26 Å². The van der Waals surface area contributed by atoms with Crippen LogP contribution in [0.4, 0.5) is 0 Å². The van der Waals surface area contributed by atoms with Crippen molar-refractivity contribution in [3.05, 3.63) is 47.2 Å². The third-order valence-corrected chi connectivity index (χ3v) is 5.33. The van der Waals surface area contributed by atoms with E-state index in [0.29, 0.717) is 10.6 Å². The molecule has 0 amide bonds. The van der Waals surface area contributed by atoms with Crippen LogP contribution < -0.4 is 0 Å². The number of rotatable bonds is 5. The monoisotopic (exact) mass is 381 g/mol. The van der Waals surface area contributed by atoms with Crippen LogP contribution in [0.15, 0.2) is 35.4 Å². The van der Waals surface area contributed by atoms with E-state index in [2.05, 4.69) is 18.0 Å². The fourth-order valence-corrected chi connectivity index (χ4v) is 4.02. The molecule has 140 valence electrons. The highest BCUT2D eigenvalue weighted by atomic mass is 32.2. The van der Waals surface area contributed by atoms with Crippen molar-refractivity contribution in [1.82, 2.24) is 9.88 Å². The number of nitrogens with zero attached hydrogens (tertiary/aromatic N) is 3. The molecule has 2 heterocycles. The quantitative estimate of drug-likeness (QED) is 0.582. The Hall–Kier alpha value is -2.36. The van der Waals surface area contributed by atoms with E-state index in [0.717, 1.165) is 41.9 Å². The molecular formula is C21H23N3O2S. The Morgan fingerprint density at radius 1 is 1.37 bits per heavy atom. The van der Waals surface area contributed by atoms with Crippen LogP contribution in [-0.2, 0) is 22.5 Å². The average Bonchev–Trinajstić information content (AvgIpc) is 2.65. The van der Waals surface area contributed by atoms with Gasteiger partial charge < -0.3 is 9.64 Å². The van der Waals surface area contributed by atoms with Crippen LogP contribution in [0.5, 0.6) is 0 Å². The van der Waals surface area contributed by atoms with E-state index in [1.165, 1.54) is 11.8 Å². The molecule has 0 bridgehead atoms. The van der Waals surface area contributed by atoms with Gasteiger partial charge in [0.05, 0.1) is 17.4 Å². The molecule has 6 heteroatoms. The zero-order valence-corrected chi connectivity index (χ0v) is 16.7. The fourth-order valence-electron chi connectivity index (χ4n) is 3.23. The number of aromatic nitrogens is 1. The van der Waals surface area contributed by atoms with Gasteiger partial charge in [-0.15, -0.1) is 0 Å². The minimum absolute atomic E-state index is 0.146. The van der Waals surface area contributed by atoms with Crippen LogP contribution in [0.3, 0.4) is 0 Å². The normalized spacial score (nSPS) is 13.9. The third-order valence-electron chi connectivity index (χ3n) is 4.38. The summed E-state index contributed by atoms with van der Waals surface area (Å²) in [5.74, 6) is -0.147. The Morgan fingerprint density at radius 3 is 2.78 bits per heavy atom. The van der Waals surface area contributed by atoms with Crippen LogP contribution in [0.1, 0.15) is 30.7 Å². The summed E-state index contributed by atoms with van der Waals surface area (Å²) < 4.78 is 5.21. The number of esters is 1. The summed E-state index contributed by atoms with van der Waals surface area (Å²) in [4.78, 5) is 19.0. The molecule has 0 spiro atoms. The largest absolute Gasteiger partial charge is 0.462 e. The van der Waals surface area contributed by atoms with Crippen LogP contribution in [0, 0.1) is 11.3 Å². The molecule has 1 aromatic carbocycles. The number of nitriles is 1. The van der Waals surface area contributed by atoms with E-state index in [1.54, 1.807) is 0 Å². The molecular weight excluding hydrogens is 358 g/mol. The number of carbonyl (C=O) groups excluding carboxylic acids is 1. The van der Waals surface area contributed by atoms with E-state index in [1.807, 2.05) is 44.2 Å². The maximum absolute atomic E-state index is 12.0. The Labute approximate surface area is 164 Å². The van der Waals surface area contributed by atoms with Gasteiger partial charge in [-0.25, -0.2) is 4.98 Å². The number of hydrogen-bond donors (Lipinski definition) is 0. The van der Waals surface area contributed by atoms with Gasteiger partial charge in [0, 0.05) is 30.8 Å². The topological polar surface area (TPSA) is 66.2 Å². The highest BCUT2D eigenvalue weighted by molar-refractivity contribution is 7.99. The zero-order chi connectivity index (χ0) is 19.4. The molecule has 0 atom stereocenters. The Bertz CT molecular complexity index is 875. The summed E-state index contributed by atoms with van der Waals surface area (Å²) in [6.07, 6.45) is 0.682. The standard InChI is InChI=1S/C21H23N3O2S/c1-14(2)26-19(25)13-27-21-16(11-22)20(15-7-5-4-6-8-15)17-12-24(3)10-9-18(17)23-21/h4-8,14H,9-10,12-13H2,1-3H3. The first-order valence-corrected chi connectivity index (χ1v) is 10.00. The third kappa shape index (κ3) is 4.49. The lowest BCUT2D eigenvalue weighted by Gasteiger charge is -2.28. The fraction of sp³-hybridized carbons (Fsp3) is 0.381. The lowest BCUT2D eigenvalue weighted by Crippen LogP contribution is -2.28. The van der Waals surface area contributed by atoms with Gasteiger partial charge in [0.25, 0.3) is 0 Å². The molecule has 3 rings (SSSR count). The SMILES string of the molecule is CC(C)OC(=O)CSc1nc2c(c(-c3ccccc3)c1C#N)CN(C)CC2. The molecule has 0 unspecified atom stereocenters. The molecule has 0 saturated heterocycles. The first-order valence-electron chi connectivity index (χ1n) is 9.01. The Balaban J connectivity index is 2.05. The summed E-state index contributed by atoms with van der Waals surface area (Å²) >= 11 is 1.28. The number of thioether (sulfide) groups is 1. The number of carbonyl (C=O) groups is 1. The van der Waals surface area contributed by atoms with E-state index in [4.69, 9.17) is 9.72 Å². The van der Waals surface area contributed by atoms with Crippen molar-refractivity contribution in [1.29, 1.82) is 5.26 Å². The molecule has 27 heavy (non-hydrogen) atoms. The smallest absolute Gasteiger partial charge is 0.316 e. The predicted molar refractivity (Wildman–Crippen MR) is 106 cm³/mol. The van der Waals surface area contributed by atoms with Crippen LogP contribution in [0.25, 0.3) is 11.1 Å². The molecule has 1 aliphatic rings. The summed E-state index contributed by atoms with van der Waals surface area (Å²) in [5, 5.41) is 10.5. The molecule has 0 fully saturated rings. The van der Waals surface area contributed by atoms with Crippen LogP contribution in [0.2, 0.25) is 0 Å². The summed E-state index contributed by atoms with van der Waals surface area (Å²) in [6, 6.07) is 12.3. The van der Waals surface area contributed by atoms with Gasteiger partial charge in [0.2, 0.25) is 0 Å². The van der Waals surface area contributed by atoms with Crippen molar-refractivity contribution in [2.75, 3.05) is 19.3 Å². The highest BCUT2D eigenvalue weighted by Crippen LogP contribution is 2.37. The number of benzene rings is 1. The molecule has 5 nitrogen and oxygen atoms in total. The molecule has 0 aliphatic carbocycles. The second-order valence-corrected chi connectivity index (χ2v) is 7.85. The average molecular weight is 382 g/mol. The van der Waals surface area contributed by atoms with Crippen molar-refractivity contribution in [3.63, 3.8) is 0 Å². The molecule has 0 N–H and O–H groups in total.